The molecular formula is C18H20N2O4. The molecule has 0 spiro atoms. The van der Waals surface area contributed by atoms with E-state index in [0.717, 1.165) is 11.1 Å². The molecule has 0 bridgehead atoms. The molecule has 1 N–H and O–H groups in total. The van der Waals surface area contributed by atoms with Gasteiger partial charge in [0.2, 0.25) is 5.75 Å². The van der Waals surface area contributed by atoms with Gasteiger partial charge in [-0.2, -0.15) is 0 Å². The summed E-state index contributed by atoms with van der Waals surface area (Å²) in [5, 5.41) is 13.8. The highest BCUT2D eigenvalue weighted by Gasteiger charge is 2.20. The van der Waals surface area contributed by atoms with Crippen LogP contribution in [0.3, 0.4) is 0 Å². The maximum atomic E-state index is 11.7. The first-order valence-electron chi connectivity index (χ1n) is 7.62. The van der Waals surface area contributed by atoms with E-state index in [4.69, 9.17) is 4.74 Å². The van der Waals surface area contributed by atoms with E-state index in [-0.39, 0.29) is 22.9 Å². The number of nitrogens with zero attached hydrogens (tertiary/aromatic N) is 1. The molecule has 2 aromatic carbocycles. The van der Waals surface area contributed by atoms with Crippen molar-refractivity contribution in [1.82, 2.24) is 5.32 Å². The van der Waals surface area contributed by atoms with Crippen molar-refractivity contribution in [2.45, 2.75) is 26.7 Å². The quantitative estimate of drug-likeness (QED) is 0.659. The second kappa shape index (κ2) is 7.12. The molecule has 0 fully saturated rings. The van der Waals surface area contributed by atoms with Crippen LogP contribution in [0.5, 0.6) is 11.5 Å². The number of aryl methyl sites for hydroxylation is 1. The second-order valence-electron chi connectivity index (χ2n) is 5.80. The van der Waals surface area contributed by atoms with Crippen molar-refractivity contribution in [1.29, 1.82) is 0 Å². The van der Waals surface area contributed by atoms with Crippen LogP contribution in [0.25, 0.3) is 0 Å². The Morgan fingerprint density at radius 2 is 1.88 bits per heavy atom. The Morgan fingerprint density at radius 1 is 1.17 bits per heavy atom. The van der Waals surface area contributed by atoms with Gasteiger partial charge in [-0.1, -0.05) is 26.0 Å². The topological polar surface area (TPSA) is 81.5 Å². The summed E-state index contributed by atoms with van der Waals surface area (Å²) in [6.45, 7) is 6.01. The number of benzene rings is 2. The summed E-state index contributed by atoms with van der Waals surface area (Å²) in [4.78, 5) is 22.4. The first-order chi connectivity index (χ1) is 11.3. The lowest BCUT2D eigenvalue weighted by Crippen LogP contribution is -2.17. The monoisotopic (exact) mass is 328 g/mol. The lowest BCUT2D eigenvalue weighted by atomic mass is 10.0. The summed E-state index contributed by atoms with van der Waals surface area (Å²) in [7, 11) is 1.47. The molecule has 0 saturated carbocycles. The van der Waals surface area contributed by atoms with Crippen LogP contribution in [0.4, 0.5) is 5.69 Å². The van der Waals surface area contributed by atoms with Gasteiger partial charge >= 0.3 is 5.69 Å². The van der Waals surface area contributed by atoms with E-state index >= 15 is 0 Å². The third-order valence-electron chi connectivity index (χ3n) is 3.74. The molecule has 0 aliphatic carbocycles. The van der Waals surface area contributed by atoms with Gasteiger partial charge in [-0.3, -0.25) is 14.9 Å². The summed E-state index contributed by atoms with van der Waals surface area (Å²) in [6.07, 6.45) is 0. The minimum Gasteiger partial charge on any atom is -0.450 e. The number of ether oxygens (including phenoxy) is 1. The molecule has 0 aliphatic rings. The van der Waals surface area contributed by atoms with Crippen LogP contribution in [0.2, 0.25) is 0 Å². The van der Waals surface area contributed by atoms with E-state index in [1.807, 2.05) is 25.1 Å². The minimum atomic E-state index is -0.552. The molecule has 1 amide bonds. The molecule has 0 heterocycles. The van der Waals surface area contributed by atoms with Crippen molar-refractivity contribution in [2.75, 3.05) is 7.05 Å². The zero-order chi connectivity index (χ0) is 17.9. The fraction of sp³-hybridized carbons (Fsp3) is 0.278. The van der Waals surface area contributed by atoms with E-state index in [0.29, 0.717) is 11.7 Å². The average Bonchev–Trinajstić information content (AvgIpc) is 2.55. The minimum absolute atomic E-state index is 0.108. The Kier molecular flexibility index (Phi) is 5.18. The Bertz CT molecular complexity index is 785. The predicted molar refractivity (Wildman–Crippen MR) is 91.8 cm³/mol. The molecule has 0 unspecified atom stereocenters. The third kappa shape index (κ3) is 3.71. The van der Waals surface area contributed by atoms with Crippen molar-refractivity contribution >= 4 is 11.6 Å². The van der Waals surface area contributed by atoms with Crippen molar-refractivity contribution < 1.29 is 14.5 Å². The normalized spacial score (nSPS) is 10.5. The molecule has 6 heteroatoms. The van der Waals surface area contributed by atoms with E-state index in [2.05, 4.69) is 19.2 Å². The summed E-state index contributed by atoms with van der Waals surface area (Å²) in [6, 6.07) is 9.99. The smallest absolute Gasteiger partial charge is 0.312 e. The molecule has 126 valence electrons. The largest absolute Gasteiger partial charge is 0.450 e. The molecule has 2 aromatic rings. The van der Waals surface area contributed by atoms with Crippen LogP contribution in [0.1, 0.15) is 41.3 Å². The average molecular weight is 328 g/mol. The van der Waals surface area contributed by atoms with Crippen LogP contribution in [0, 0.1) is 17.0 Å². The van der Waals surface area contributed by atoms with Gasteiger partial charge in [-0.15, -0.1) is 0 Å². The third-order valence-corrected chi connectivity index (χ3v) is 3.74. The number of rotatable bonds is 5. The number of hydrogen-bond donors (Lipinski definition) is 1. The maximum absolute atomic E-state index is 11.7. The SMILES string of the molecule is CNC(=O)c1ccc(Oc2cc(C(C)C)ccc2C)c([N+](=O)[O-])c1. The molecule has 0 radical (unpaired) electrons. The number of nitro groups is 1. The molecule has 0 aliphatic heterocycles. The molecule has 6 nitrogen and oxygen atoms in total. The Hall–Kier alpha value is -2.89. The van der Waals surface area contributed by atoms with Gasteiger partial charge in [0.15, 0.2) is 0 Å². The molecule has 0 aromatic heterocycles. The van der Waals surface area contributed by atoms with Crippen LogP contribution >= 0.6 is 0 Å². The highest BCUT2D eigenvalue weighted by molar-refractivity contribution is 5.95. The lowest BCUT2D eigenvalue weighted by molar-refractivity contribution is -0.385. The van der Waals surface area contributed by atoms with Gasteiger partial charge in [0.05, 0.1) is 4.92 Å². The summed E-state index contributed by atoms with van der Waals surface area (Å²) in [5.74, 6) is 0.606. The fourth-order valence-electron chi connectivity index (χ4n) is 2.24. The second-order valence-corrected chi connectivity index (χ2v) is 5.80. The summed E-state index contributed by atoms with van der Waals surface area (Å²) in [5.41, 5.74) is 1.93. The van der Waals surface area contributed by atoms with Crippen molar-refractivity contribution in [3.8, 4) is 11.5 Å². The highest BCUT2D eigenvalue weighted by Crippen LogP contribution is 2.34. The van der Waals surface area contributed by atoms with Crippen molar-refractivity contribution in [3.05, 3.63) is 63.2 Å². The van der Waals surface area contributed by atoms with Gasteiger partial charge in [-0.25, -0.2) is 0 Å². The van der Waals surface area contributed by atoms with Gasteiger partial charge in [0.1, 0.15) is 5.75 Å². The highest BCUT2D eigenvalue weighted by atomic mass is 16.6. The number of amides is 1. The van der Waals surface area contributed by atoms with E-state index < -0.39 is 4.92 Å². The molecule has 0 atom stereocenters. The number of hydrogen-bond acceptors (Lipinski definition) is 4. The fourth-order valence-corrected chi connectivity index (χ4v) is 2.24. The molecule has 24 heavy (non-hydrogen) atoms. The van der Waals surface area contributed by atoms with Gasteiger partial charge in [0.25, 0.3) is 5.91 Å². The molecule has 2 rings (SSSR count). The van der Waals surface area contributed by atoms with Crippen molar-refractivity contribution in [2.24, 2.45) is 0 Å². The van der Waals surface area contributed by atoms with Crippen LogP contribution < -0.4 is 10.1 Å². The Balaban J connectivity index is 2.44. The maximum Gasteiger partial charge on any atom is 0.312 e. The standard InChI is InChI=1S/C18H20N2O4/c1-11(2)13-6-5-12(3)17(10-13)24-16-8-7-14(18(21)19-4)9-15(16)20(22)23/h5-11H,1-4H3,(H,19,21). The van der Waals surface area contributed by atoms with E-state index in [1.165, 1.54) is 25.2 Å². The van der Waals surface area contributed by atoms with Crippen LogP contribution in [-0.2, 0) is 0 Å². The van der Waals surface area contributed by atoms with Gasteiger partial charge in [0, 0.05) is 18.7 Å². The number of nitro benzene ring substituents is 1. The molecule has 0 saturated heterocycles. The summed E-state index contributed by atoms with van der Waals surface area (Å²) < 4.78 is 5.79. The summed E-state index contributed by atoms with van der Waals surface area (Å²) >= 11 is 0. The zero-order valence-electron chi connectivity index (χ0n) is 14.1. The Morgan fingerprint density at radius 3 is 2.46 bits per heavy atom. The van der Waals surface area contributed by atoms with E-state index in [9.17, 15) is 14.9 Å². The predicted octanol–water partition coefficient (Wildman–Crippen LogP) is 4.18. The van der Waals surface area contributed by atoms with Crippen molar-refractivity contribution in [3.63, 3.8) is 0 Å². The van der Waals surface area contributed by atoms with Gasteiger partial charge in [-0.05, 0) is 42.2 Å². The van der Waals surface area contributed by atoms with E-state index in [1.54, 1.807) is 0 Å². The zero-order valence-corrected chi connectivity index (χ0v) is 14.1. The number of carbonyl (C=O) groups is 1. The first kappa shape index (κ1) is 17.5. The number of nitrogens with one attached hydrogen (secondary N) is 1. The van der Waals surface area contributed by atoms with Gasteiger partial charge < -0.3 is 10.1 Å². The lowest BCUT2D eigenvalue weighted by Gasteiger charge is -2.13. The number of carbonyl (C=O) groups excluding carboxylic acids is 1. The molecular weight excluding hydrogens is 308 g/mol. The first-order valence-corrected chi connectivity index (χ1v) is 7.62. The van der Waals surface area contributed by atoms with Crippen LogP contribution in [-0.4, -0.2) is 17.9 Å². The van der Waals surface area contributed by atoms with Crippen LogP contribution in [0.15, 0.2) is 36.4 Å². The Labute approximate surface area is 140 Å².